The summed E-state index contributed by atoms with van der Waals surface area (Å²) in [5, 5.41) is 4.36. The number of nitrogens with one attached hydrogen (secondary N) is 1. The number of carbonyl (C=O) groups excluding carboxylic acids is 2. The summed E-state index contributed by atoms with van der Waals surface area (Å²) in [5.41, 5.74) is 1.08. The second-order valence-corrected chi connectivity index (χ2v) is 5.62. The Morgan fingerprint density at radius 2 is 1.76 bits per heavy atom. The highest BCUT2D eigenvalue weighted by atomic mass is 16.5. The number of hydrogen-bond acceptors (Lipinski definition) is 4. The van der Waals surface area contributed by atoms with Crippen molar-refractivity contribution in [3.8, 4) is 0 Å². The number of nitrogens with zero attached hydrogens (tertiary/aromatic N) is 1. The quantitative estimate of drug-likeness (QED) is 0.727. The molecule has 0 aliphatic rings. The third-order valence-corrected chi connectivity index (χ3v) is 3.82. The number of pyridine rings is 1. The molecule has 1 amide bonds. The topological polar surface area (TPSA) is 68.3 Å². The summed E-state index contributed by atoms with van der Waals surface area (Å²) in [6.45, 7) is 1.63. The predicted octanol–water partition coefficient (Wildman–Crippen LogP) is 3.27. The average Bonchev–Trinajstić information content (AvgIpc) is 2.65. The maximum Gasteiger partial charge on any atom is 0.358 e. The van der Waals surface area contributed by atoms with Crippen molar-refractivity contribution in [2.24, 2.45) is 0 Å². The van der Waals surface area contributed by atoms with E-state index >= 15 is 0 Å². The van der Waals surface area contributed by atoms with Gasteiger partial charge < -0.3 is 10.1 Å². The first-order valence-electron chi connectivity index (χ1n) is 7.99. The van der Waals surface area contributed by atoms with E-state index in [1.54, 1.807) is 6.20 Å². The largest absolute Gasteiger partial charge is 0.451 e. The lowest BCUT2D eigenvalue weighted by molar-refractivity contribution is -0.119. The molecule has 0 fully saturated rings. The highest BCUT2D eigenvalue weighted by Crippen LogP contribution is 2.22. The summed E-state index contributed by atoms with van der Waals surface area (Å²) < 4.78 is 5.66. The van der Waals surface area contributed by atoms with E-state index in [1.807, 2.05) is 60.7 Å². The van der Waals surface area contributed by atoms with Crippen molar-refractivity contribution >= 4 is 22.6 Å². The molecular formula is C20H18N2O3. The van der Waals surface area contributed by atoms with Gasteiger partial charge in [0.25, 0.3) is 0 Å². The van der Waals surface area contributed by atoms with Crippen molar-refractivity contribution in [2.75, 3.05) is 6.54 Å². The molecule has 1 N–H and O–H groups in total. The van der Waals surface area contributed by atoms with Crippen LogP contribution in [-0.2, 0) is 9.53 Å². The fraction of sp³-hybridized carbons (Fsp3) is 0.150. The molecular weight excluding hydrogens is 316 g/mol. The van der Waals surface area contributed by atoms with Gasteiger partial charge >= 0.3 is 5.97 Å². The van der Waals surface area contributed by atoms with Crippen LogP contribution in [0.15, 0.2) is 66.9 Å². The SMILES string of the molecule is CC(=O)NC[C@@H](OC(=O)c1nccc2ccccc12)c1ccccc1. The normalized spacial score (nSPS) is 11.7. The van der Waals surface area contributed by atoms with Crippen molar-refractivity contribution in [3.63, 3.8) is 0 Å². The highest BCUT2D eigenvalue weighted by Gasteiger charge is 2.20. The summed E-state index contributed by atoms with van der Waals surface area (Å²) in [7, 11) is 0. The monoisotopic (exact) mass is 334 g/mol. The van der Waals surface area contributed by atoms with Crippen LogP contribution in [0.1, 0.15) is 29.1 Å². The summed E-state index contributed by atoms with van der Waals surface area (Å²) in [6, 6.07) is 18.7. The average molecular weight is 334 g/mol. The van der Waals surface area contributed by atoms with Crippen LogP contribution in [-0.4, -0.2) is 23.4 Å². The summed E-state index contributed by atoms with van der Waals surface area (Å²) in [6.07, 6.45) is 1.00. The van der Waals surface area contributed by atoms with Crippen LogP contribution in [0.5, 0.6) is 0 Å². The Kier molecular flexibility index (Phi) is 5.04. The van der Waals surface area contributed by atoms with E-state index in [9.17, 15) is 9.59 Å². The first-order chi connectivity index (χ1) is 12.1. The van der Waals surface area contributed by atoms with E-state index in [-0.39, 0.29) is 18.1 Å². The molecule has 3 aromatic rings. The van der Waals surface area contributed by atoms with E-state index in [1.165, 1.54) is 6.92 Å². The Balaban J connectivity index is 1.87. The minimum absolute atomic E-state index is 0.180. The molecule has 126 valence electrons. The number of rotatable bonds is 5. The van der Waals surface area contributed by atoms with Gasteiger partial charge in [-0.15, -0.1) is 0 Å². The first kappa shape index (κ1) is 16.6. The van der Waals surface area contributed by atoms with Crippen LogP contribution >= 0.6 is 0 Å². The molecule has 1 heterocycles. The zero-order valence-corrected chi connectivity index (χ0v) is 13.8. The Bertz CT molecular complexity index is 888. The molecule has 0 radical (unpaired) electrons. The number of carbonyl (C=O) groups is 2. The molecule has 5 heteroatoms. The van der Waals surface area contributed by atoms with Crippen LogP contribution in [0.3, 0.4) is 0 Å². The lowest BCUT2D eigenvalue weighted by Crippen LogP contribution is -2.28. The molecule has 0 unspecified atom stereocenters. The standard InChI is InChI=1S/C20H18N2O3/c1-14(23)22-13-18(16-8-3-2-4-9-16)25-20(24)19-17-10-6-5-7-15(17)11-12-21-19/h2-12,18H,13H2,1H3,(H,22,23)/t18-/m1/s1. The van der Waals surface area contributed by atoms with E-state index in [4.69, 9.17) is 4.74 Å². The molecule has 25 heavy (non-hydrogen) atoms. The van der Waals surface area contributed by atoms with E-state index in [0.29, 0.717) is 0 Å². The third kappa shape index (κ3) is 4.01. The number of aromatic nitrogens is 1. The van der Waals surface area contributed by atoms with Crippen molar-refractivity contribution < 1.29 is 14.3 Å². The van der Waals surface area contributed by atoms with Gasteiger partial charge in [-0.2, -0.15) is 0 Å². The van der Waals surface area contributed by atoms with Gasteiger partial charge in [0.05, 0.1) is 6.54 Å². The van der Waals surface area contributed by atoms with E-state index in [0.717, 1.165) is 16.3 Å². The van der Waals surface area contributed by atoms with Gasteiger partial charge in [0, 0.05) is 18.5 Å². The summed E-state index contributed by atoms with van der Waals surface area (Å²) >= 11 is 0. The van der Waals surface area contributed by atoms with Crippen LogP contribution in [0, 0.1) is 0 Å². The predicted molar refractivity (Wildman–Crippen MR) is 95.0 cm³/mol. The number of esters is 1. The Hall–Kier alpha value is -3.21. The van der Waals surface area contributed by atoms with E-state index in [2.05, 4.69) is 10.3 Å². The van der Waals surface area contributed by atoms with Gasteiger partial charge in [-0.3, -0.25) is 4.79 Å². The molecule has 1 atom stereocenters. The number of ether oxygens (including phenoxy) is 1. The van der Waals surface area contributed by atoms with Gasteiger partial charge in [-0.05, 0) is 17.0 Å². The van der Waals surface area contributed by atoms with Gasteiger partial charge in [0.1, 0.15) is 6.10 Å². The zero-order valence-electron chi connectivity index (χ0n) is 13.8. The molecule has 5 nitrogen and oxygen atoms in total. The minimum Gasteiger partial charge on any atom is -0.451 e. The number of hydrogen-bond donors (Lipinski definition) is 1. The van der Waals surface area contributed by atoms with Crippen molar-refractivity contribution in [3.05, 3.63) is 78.1 Å². The van der Waals surface area contributed by atoms with Crippen LogP contribution in [0.25, 0.3) is 10.8 Å². The van der Waals surface area contributed by atoms with Gasteiger partial charge in [0.2, 0.25) is 5.91 Å². The number of amides is 1. The van der Waals surface area contributed by atoms with Crippen LogP contribution in [0.2, 0.25) is 0 Å². The lowest BCUT2D eigenvalue weighted by Gasteiger charge is -2.19. The molecule has 0 spiro atoms. The Morgan fingerprint density at radius 1 is 1.04 bits per heavy atom. The van der Waals surface area contributed by atoms with Gasteiger partial charge in [-0.1, -0.05) is 54.6 Å². The summed E-state index contributed by atoms with van der Waals surface area (Å²) in [4.78, 5) is 28.1. The third-order valence-electron chi connectivity index (χ3n) is 3.82. The molecule has 0 saturated heterocycles. The molecule has 0 aliphatic heterocycles. The van der Waals surface area contributed by atoms with E-state index < -0.39 is 12.1 Å². The first-order valence-corrected chi connectivity index (χ1v) is 7.99. The molecule has 2 aromatic carbocycles. The van der Waals surface area contributed by atoms with Crippen LogP contribution in [0.4, 0.5) is 0 Å². The molecule has 0 bridgehead atoms. The Morgan fingerprint density at radius 3 is 2.52 bits per heavy atom. The second-order valence-electron chi connectivity index (χ2n) is 5.62. The maximum absolute atomic E-state index is 12.7. The molecule has 1 aromatic heterocycles. The number of benzene rings is 2. The molecule has 3 rings (SSSR count). The zero-order chi connectivity index (χ0) is 17.6. The summed E-state index contributed by atoms with van der Waals surface area (Å²) in [5.74, 6) is -0.698. The van der Waals surface area contributed by atoms with Gasteiger partial charge in [-0.25, -0.2) is 9.78 Å². The second kappa shape index (κ2) is 7.57. The fourth-order valence-corrected chi connectivity index (χ4v) is 2.60. The molecule has 0 saturated carbocycles. The van der Waals surface area contributed by atoms with Gasteiger partial charge in [0.15, 0.2) is 5.69 Å². The smallest absolute Gasteiger partial charge is 0.358 e. The van der Waals surface area contributed by atoms with Crippen LogP contribution < -0.4 is 5.32 Å². The Labute approximate surface area is 145 Å². The lowest BCUT2D eigenvalue weighted by atomic mass is 10.1. The fourth-order valence-electron chi connectivity index (χ4n) is 2.60. The maximum atomic E-state index is 12.7. The highest BCUT2D eigenvalue weighted by molar-refractivity contribution is 6.02. The van der Waals surface area contributed by atoms with Crippen molar-refractivity contribution in [2.45, 2.75) is 13.0 Å². The van der Waals surface area contributed by atoms with Crippen molar-refractivity contribution in [1.29, 1.82) is 0 Å². The van der Waals surface area contributed by atoms with Crippen molar-refractivity contribution in [1.82, 2.24) is 10.3 Å². The molecule has 0 aliphatic carbocycles. The number of fused-ring (bicyclic) bond motifs is 1. The minimum atomic E-state index is -0.585.